The molecule has 117 heavy (non-hydrogen) atoms. The molecule has 0 spiro atoms. The highest BCUT2D eigenvalue weighted by molar-refractivity contribution is 7.11. The van der Waals surface area contributed by atoms with E-state index in [2.05, 4.69) is 124 Å². The first-order valence-corrected chi connectivity index (χ1v) is 41.3. The summed E-state index contributed by atoms with van der Waals surface area (Å²) in [6, 6.07) is 23.3. The van der Waals surface area contributed by atoms with Crippen molar-refractivity contribution in [2.24, 2.45) is 5.16 Å². The van der Waals surface area contributed by atoms with Gasteiger partial charge >= 0.3 is 17.7 Å². The maximum absolute atomic E-state index is 8.75. The Morgan fingerprint density at radius 3 is 0.906 bits per heavy atom. The molecule has 0 aliphatic carbocycles. The summed E-state index contributed by atoms with van der Waals surface area (Å²) in [6.45, 7) is 37.2. The molecule has 4 saturated heterocycles. The topological polar surface area (TPSA) is 367 Å². The van der Waals surface area contributed by atoms with Crippen LogP contribution in [-0.2, 0) is 0 Å². The van der Waals surface area contributed by atoms with Crippen LogP contribution in [0.3, 0.4) is 0 Å². The number of hydrogen-bond acceptors (Lipinski definition) is 30. The molecule has 0 bridgehead atoms. The number of oxime groups is 1. The second kappa shape index (κ2) is 34.7. The maximum atomic E-state index is 8.75. The number of furan rings is 4. The lowest BCUT2D eigenvalue weighted by Crippen LogP contribution is -2.29. The molecule has 16 aromatic heterocycles. The van der Waals surface area contributed by atoms with Gasteiger partial charge in [0.1, 0.15) is 55.3 Å². The van der Waals surface area contributed by atoms with Gasteiger partial charge in [0.2, 0.25) is 0 Å². The largest absolute Gasteiger partial charge is 0.486 e. The van der Waals surface area contributed by atoms with Crippen molar-refractivity contribution in [3.63, 3.8) is 0 Å². The van der Waals surface area contributed by atoms with Crippen LogP contribution in [0.5, 0.6) is 0 Å². The van der Waals surface area contributed by atoms with Crippen molar-refractivity contribution >= 4 is 136 Å². The van der Waals surface area contributed by atoms with Gasteiger partial charge < -0.3 is 65.4 Å². The van der Waals surface area contributed by atoms with Crippen molar-refractivity contribution in [2.45, 2.75) is 103 Å². The predicted molar refractivity (Wildman–Crippen MR) is 451 cm³/mol. The van der Waals surface area contributed by atoms with Gasteiger partial charge in [-0.1, -0.05) is 5.16 Å². The molecule has 9 N–H and O–H groups in total. The summed E-state index contributed by atoms with van der Waals surface area (Å²) in [4.78, 5) is 30.0. The van der Waals surface area contributed by atoms with Crippen LogP contribution >= 0.6 is 46.1 Å². The van der Waals surface area contributed by atoms with Crippen LogP contribution < -0.4 is 42.5 Å². The number of nitrogens with zero attached hydrogens (tertiary/aromatic N) is 20. The highest BCUT2D eigenvalue weighted by atomic mass is 32.1. The van der Waals surface area contributed by atoms with E-state index >= 15 is 0 Å². The minimum atomic E-state index is 0.255. The molecule has 0 aromatic carbocycles. The van der Waals surface area contributed by atoms with Crippen molar-refractivity contribution < 1.29 is 22.9 Å². The van der Waals surface area contributed by atoms with Crippen LogP contribution in [0.2, 0.25) is 0 Å². The molecule has 37 heteroatoms. The quantitative estimate of drug-likeness (QED) is 0.0177. The second-order valence-electron chi connectivity index (χ2n) is 28.8. The lowest BCUT2D eigenvalue weighted by molar-refractivity contribution is 0.320. The van der Waals surface area contributed by atoms with E-state index in [4.69, 9.17) is 62.5 Å². The zero-order valence-corrected chi connectivity index (χ0v) is 67.2. The summed E-state index contributed by atoms with van der Waals surface area (Å²) in [5.74, 6) is 6.00. The molecule has 4 atom stereocenters. The van der Waals surface area contributed by atoms with E-state index in [-0.39, 0.29) is 17.7 Å². The molecule has 33 nitrogen and oxygen atoms in total. The monoisotopic (exact) mass is 1640 g/mol. The van der Waals surface area contributed by atoms with Gasteiger partial charge in [-0.05, 0) is 200 Å². The van der Waals surface area contributed by atoms with E-state index < -0.39 is 0 Å². The van der Waals surface area contributed by atoms with Crippen LogP contribution in [0.15, 0.2) is 145 Å². The molecule has 0 radical (unpaired) electrons. The zero-order chi connectivity index (χ0) is 79.9. The van der Waals surface area contributed by atoms with Crippen LogP contribution in [0, 0.1) is 47.4 Å². The van der Waals surface area contributed by atoms with Gasteiger partial charge in [-0.3, -0.25) is 0 Å². The summed E-state index contributed by atoms with van der Waals surface area (Å²) < 4.78 is 46.0. The Morgan fingerprint density at radius 2 is 0.675 bits per heavy atom. The van der Waals surface area contributed by atoms with Gasteiger partial charge in [-0.15, -0.1) is 0 Å². The minimum Gasteiger partial charge on any atom is -0.486 e. The van der Waals surface area contributed by atoms with E-state index in [0.717, 1.165) is 260 Å². The van der Waals surface area contributed by atoms with Crippen molar-refractivity contribution in [1.82, 2.24) is 97.2 Å². The fourth-order valence-electron chi connectivity index (χ4n) is 14.7. The Labute approximate surface area is 685 Å². The average molecular weight is 1640 g/mol. The molecule has 592 valence electrons. The number of fused-ring (bicyclic) bond motifs is 4. The van der Waals surface area contributed by atoms with Crippen LogP contribution in [0.4, 0.5) is 60.9 Å². The summed E-state index contributed by atoms with van der Waals surface area (Å²) in [5, 5.41) is 61.5. The molecular weight excluding hydrogens is 1560 g/mol. The molecule has 16 aromatic rings. The number of aryl methyl sites for hydroxylation is 4. The molecule has 4 aliphatic rings. The van der Waals surface area contributed by atoms with E-state index in [0.29, 0.717) is 29.4 Å². The Balaban J connectivity index is 0.000000112. The SMILES string of the molecule is Cc1cc(Nc2cc(C3CCCNC3)nc3c(-c4coc(C=NO)c4)cnn23)sn1.[C-]#[N+]c1cc(-c2cnn3c(Nc4cc(C)ns4)cc(C4CCCNC4)nc23)co1.[C-]#[N+]c1cc(-c2cnn3c(Nc4cc(C)ns4)cc(C4CCCNC4)nc23)co1.[C-]#[N+]c1cc(-c2cnn3c(Nc4cc(C)ns4)cc(C4CCCNC4)nc23)co1. The third-order valence-electron chi connectivity index (χ3n) is 20.5. The van der Waals surface area contributed by atoms with Crippen LogP contribution in [0.1, 0.15) is 126 Å². The third kappa shape index (κ3) is 17.1. The first-order valence-electron chi connectivity index (χ1n) is 38.2. The summed E-state index contributed by atoms with van der Waals surface area (Å²) in [7, 11) is 0. The Bertz CT molecular complexity index is 5900. The van der Waals surface area contributed by atoms with E-state index in [9.17, 15) is 0 Å². The molecule has 4 aliphatic heterocycles. The summed E-state index contributed by atoms with van der Waals surface area (Å²) >= 11 is 5.68. The number of aromatic nitrogens is 16. The van der Waals surface area contributed by atoms with Crippen molar-refractivity contribution in [2.75, 3.05) is 73.6 Å². The fourth-order valence-corrected chi connectivity index (χ4v) is 17.4. The molecule has 4 unspecified atom stereocenters. The van der Waals surface area contributed by atoms with E-state index in [1.165, 1.54) is 52.3 Å². The predicted octanol–water partition coefficient (Wildman–Crippen LogP) is 17.3. The van der Waals surface area contributed by atoms with Crippen molar-refractivity contribution in [3.05, 3.63) is 208 Å². The lowest BCUT2D eigenvalue weighted by atomic mass is 9.96. The van der Waals surface area contributed by atoms with Gasteiger partial charge in [0.15, 0.2) is 22.6 Å². The first-order chi connectivity index (χ1) is 57.3. The Hall–Kier alpha value is -12.9. The molecule has 4 fully saturated rings. The molecular formula is C80H78N28O5S4. The summed E-state index contributed by atoms with van der Waals surface area (Å²) in [5.41, 5.74) is 17.6. The highest BCUT2D eigenvalue weighted by Gasteiger charge is 2.28. The standard InChI is InChI=1S/C20H21N7O2S.3C20H19N7OS/c1-12-5-19(30-26-12)25-18-7-17(13-3-2-4-21-8-13)24-20-16(10-22-27(18)20)14-6-15(9-23-28)29-11-14;3*1-12-6-19(29-26-12)25-17-8-16(13-4-3-5-22-9-13)24-20-15(10-23-27(17)20)14-7-18(21-2)28-11-14/h5-7,9-11,13,21,25,28H,2-4,8H2,1H3;3*6-8,10-11,13,22,25H,3-5,9H2,1H3. The lowest BCUT2D eigenvalue weighted by Gasteiger charge is -2.23. The van der Waals surface area contributed by atoms with E-state index in [1.54, 1.807) is 92.2 Å². The van der Waals surface area contributed by atoms with Crippen LogP contribution in [0.25, 0.3) is 81.6 Å². The van der Waals surface area contributed by atoms with Crippen molar-refractivity contribution in [3.8, 4) is 44.5 Å². The smallest absolute Gasteiger partial charge is 0.346 e. The van der Waals surface area contributed by atoms with Gasteiger partial charge in [-0.25, -0.2) is 19.9 Å². The van der Waals surface area contributed by atoms with Crippen LogP contribution in [-0.4, -0.2) is 140 Å². The number of anilines is 8. The van der Waals surface area contributed by atoms with Gasteiger partial charge in [0.05, 0.1) is 115 Å². The van der Waals surface area contributed by atoms with E-state index in [1.807, 2.05) is 52.0 Å². The molecule has 0 amide bonds. The third-order valence-corrected chi connectivity index (χ3v) is 23.7. The zero-order valence-electron chi connectivity index (χ0n) is 63.9. The van der Waals surface area contributed by atoms with Gasteiger partial charge in [-0.2, -0.15) is 70.5 Å². The molecule has 20 heterocycles. The Morgan fingerprint density at radius 1 is 0.402 bits per heavy atom. The summed E-state index contributed by atoms with van der Waals surface area (Å²) in [6.07, 6.45) is 23.7. The average Bonchev–Trinajstić information content (AvgIpc) is 1.65. The fraction of sp³-hybridized carbons (Fsp3) is 0.300. The minimum absolute atomic E-state index is 0.255. The number of rotatable bonds is 17. The highest BCUT2D eigenvalue weighted by Crippen LogP contribution is 2.40. The van der Waals surface area contributed by atoms with Gasteiger partial charge in [0.25, 0.3) is 0 Å². The second-order valence-corrected chi connectivity index (χ2v) is 32.0. The number of nitrogens with one attached hydrogen (secondary N) is 8. The molecule has 0 saturated carbocycles. The number of piperidine rings is 4. The first kappa shape index (κ1) is 76.7. The molecule has 20 rings (SSSR count). The number of hydrogen-bond donors (Lipinski definition) is 9. The normalized spacial score (nSPS) is 16.9. The van der Waals surface area contributed by atoms with Crippen molar-refractivity contribution in [1.29, 1.82) is 0 Å². The maximum Gasteiger partial charge on any atom is 0.346 e. The van der Waals surface area contributed by atoms with Gasteiger partial charge in [0, 0.05) is 119 Å². The Kier molecular flexibility index (Phi) is 22.7.